The number of para-hydroxylation sites is 1. The van der Waals surface area contributed by atoms with Gasteiger partial charge in [-0.25, -0.2) is 4.98 Å². The lowest BCUT2D eigenvalue weighted by molar-refractivity contribution is 0.954. The summed E-state index contributed by atoms with van der Waals surface area (Å²) in [4.78, 5) is 15.4. The summed E-state index contributed by atoms with van der Waals surface area (Å²) < 4.78 is 7.33. The largest absolute Gasteiger partial charge is 0.278 e. The molecule has 0 saturated carbocycles. The summed E-state index contributed by atoms with van der Waals surface area (Å²) >= 11 is 3.67. The number of hydrogen-bond donors (Lipinski definition) is 0. The number of aromatic nitrogens is 4. The highest BCUT2D eigenvalue weighted by Gasteiger charge is 2.21. The quantitative estimate of drug-likeness (QED) is 0.200. The van der Waals surface area contributed by atoms with Crippen LogP contribution in [0.1, 0.15) is 0 Å². The molecule has 10 aromatic rings. The Bertz CT molecular complexity index is 2770. The standard InChI is InChI=1S/C39H22N4S2/c1-2-10-23(11-3-1)37-40-38(24-18-21-34-29(22-24)26-13-6-8-16-32(26)44-34)42-39(41-37)43-30-15-7-4-14-28(30)35-31(43)20-19-27-25-12-5-9-17-33(25)45-36(27)35/h1-22H. The lowest BCUT2D eigenvalue weighted by Gasteiger charge is -2.11. The van der Waals surface area contributed by atoms with E-state index in [1.54, 1.807) is 0 Å². The van der Waals surface area contributed by atoms with Crippen LogP contribution < -0.4 is 0 Å². The normalized spacial score (nSPS) is 12.0. The van der Waals surface area contributed by atoms with Gasteiger partial charge in [0.25, 0.3) is 0 Å². The fourth-order valence-electron chi connectivity index (χ4n) is 6.63. The van der Waals surface area contributed by atoms with Crippen molar-refractivity contribution in [3.63, 3.8) is 0 Å². The zero-order valence-electron chi connectivity index (χ0n) is 23.8. The number of benzene rings is 6. The molecule has 0 bridgehead atoms. The van der Waals surface area contributed by atoms with Crippen molar-refractivity contribution in [2.45, 2.75) is 0 Å². The molecular weight excluding hydrogens is 589 g/mol. The minimum atomic E-state index is 0.612. The zero-order valence-corrected chi connectivity index (χ0v) is 25.4. The van der Waals surface area contributed by atoms with Crippen LogP contribution in [0.4, 0.5) is 0 Å². The van der Waals surface area contributed by atoms with Gasteiger partial charge in [0.2, 0.25) is 5.95 Å². The second-order valence-corrected chi connectivity index (χ2v) is 13.4. The number of fused-ring (bicyclic) bond motifs is 10. The van der Waals surface area contributed by atoms with Crippen LogP contribution in [-0.2, 0) is 0 Å². The highest BCUT2D eigenvalue weighted by Crippen LogP contribution is 2.43. The molecule has 0 atom stereocenters. The first-order valence-corrected chi connectivity index (χ1v) is 16.5. The third-order valence-corrected chi connectivity index (χ3v) is 11.0. The molecule has 6 aromatic carbocycles. The van der Waals surface area contributed by atoms with Crippen molar-refractivity contribution >= 4 is 84.8 Å². The maximum atomic E-state index is 5.21. The maximum absolute atomic E-state index is 5.21. The first-order valence-electron chi connectivity index (χ1n) is 14.9. The van der Waals surface area contributed by atoms with E-state index < -0.39 is 0 Å². The summed E-state index contributed by atoms with van der Waals surface area (Å²) in [6, 6.07) is 47.1. The highest BCUT2D eigenvalue weighted by molar-refractivity contribution is 7.27. The monoisotopic (exact) mass is 610 g/mol. The van der Waals surface area contributed by atoms with E-state index in [1.807, 2.05) is 40.9 Å². The molecule has 0 aliphatic carbocycles. The fraction of sp³-hybridized carbons (Fsp3) is 0. The van der Waals surface area contributed by atoms with E-state index in [2.05, 4.69) is 120 Å². The maximum Gasteiger partial charge on any atom is 0.238 e. The molecule has 4 nitrogen and oxygen atoms in total. The van der Waals surface area contributed by atoms with Crippen LogP contribution in [0, 0.1) is 0 Å². The molecule has 45 heavy (non-hydrogen) atoms. The Hall–Kier alpha value is -5.43. The first kappa shape index (κ1) is 25.0. The Kier molecular flexibility index (Phi) is 5.29. The Morgan fingerprint density at radius 1 is 0.422 bits per heavy atom. The molecule has 0 radical (unpaired) electrons. The zero-order chi connectivity index (χ0) is 29.5. The van der Waals surface area contributed by atoms with Crippen molar-refractivity contribution in [3.05, 3.63) is 133 Å². The van der Waals surface area contributed by atoms with E-state index in [0.29, 0.717) is 17.6 Å². The van der Waals surface area contributed by atoms with Gasteiger partial charge in [-0.05, 0) is 42.5 Å². The summed E-state index contributed by atoms with van der Waals surface area (Å²) in [6.45, 7) is 0. The number of nitrogens with zero attached hydrogens (tertiary/aromatic N) is 4. The summed E-state index contributed by atoms with van der Waals surface area (Å²) in [5, 5.41) is 7.48. The predicted molar refractivity (Wildman–Crippen MR) is 191 cm³/mol. The van der Waals surface area contributed by atoms with Gasteiger partial charge in [-0.1, -0.05) is 91.0 Å². The minimum Gasteiger partial charge on any atom is -0.278 e. The van der Waals surface area contributed by atoms with Crippen LogP contribution >= 0.6 is 22.7 Å². The van der Waals surface area contributed by atoms with Gasteiger partial charge in [0.1, 0.15) is 0 Å². The van der Waals surface area contributed by atoms with E-state index in [9.17, 15) is 0 Å². The lowest BCUT2D eigenvalue weighted by Crippen LogP contribution is -2.06. The molecule has 0 unspecified atom stereocenters. The highest BCUT2D eigenvalue weighted by atomic mass is 32.1. The molecule has 0 amide bonds. The van der Waals surface area contributed by atoms with Gasteiger partial charge in [0.15, 0.2) is 11.6 Å². The van der Waals surface area contributed by atoms with E-state index in [1.165, 1.54) is 51.1 Å². The summed E-state index contributed by atoms with van der Waals surface area (Å²) in [5.74, 6) is 1.92. The molecule has 0 fully saturated rings. The van der Waals surface area contributed by atoms with Crippen molar-refractivity contribution in [2.75, 3.05) is 0 Å². The summed E-state index contributed by atoms with van der Waals surface area (Å²) in [5.41, 5.74) is 4.09. The van der Waals surface area contributed by atoms with Crippen LogP contribution in [0.2, 0.25) is 0 Å². The Morgan fingerprint density at radius 3 is 1.89 bits per heavy atom. The van der Waals surface area contributed by atoms with Gasteiger partial charge in [0.05, 0.1) is 11.0 Å². The van der Waals surface area contributed by atoms with E-state index >= 15 is 0 Å². The molecule has 0 N–H and O–H groups in total. The van der Waals surface area contributed by atoms with Crippen LogP contribution in [0.25, 0.3) is 90.9 Å². The smallest absolute Gasteiger partial charge is 0.238 e. The third-order valence-electron chi connectivity index (χ3n) is 8.67. The van der Waals surface area contributed by atoms with Crippen molar-refractivity contribution in [1.29, 1.82) is 0 Å². The molecule has 4 aromatic heterocycles. The first-order chi connectivity index (χ1) is 22.3. The van der Waals surface area contributed by atoms with Gasteiger partial charge >= 0.3 is 0 Å². The molecule has 210 valence electrons. The third kappa shape index (κ3) is 3.73. The fourth-order valence-corrected chi connectivity index (χ4v) is 8.97. The van der Waals surface area contributed by atoms with Gasteiger partial charge in [-0.2, -0.15) is 9.97 Å². The molecule has 6 heteroatoms. The summed E-state index contributed by atoms with van der Waals surface area (Å²) in [7, 11) is 0. The van der Waals surface area contributed by atoms with Crippen LogP contribution in [0.15, 0.2) is 133 Å². The van der Waals surface area contributed by atoms with E-state index in [-0.39, 0.29) is 0 Å². The van der Waals surface area contributed by atoms with Crippen LogP contribution in [0.3, 0.4) is 0 Å². The average Bonchev–Trinajstić information content (AvgIpc) is 3.77. The second kappa shape index (κ2) is 9.53. The van der Waals surface area contributed by atoms with Gasteiger partial charge in [-0.3, -0.25) is 4.57 Å². The molecule has 0 saturated heterocycles. The predicted octanol–water partition coefficient (Wildman–Crippen LogP) is 11.0. The molecule has 10 rings (SSSR count). The van der Waals surface area contributed by atoms with Crippen LogP contribution in [0.5, 0.6) is 0 Å². The minimum absolute atomic E-state index is 0.612. The molecular formula is C39H22N4S2. The number of thiophene rings is 2. The molecule has 0 spiro atoms. The SMILES string of the molecule is c1ccc(-c2nc(-c3ccc4sc5ccccc5c4c3)nc(-n3c4ccccc4c4c5sc6ccccc6c5ccc43)n2)cc1. The second-order valence-electron chi connectivity index (χ2n) is 11.2. The Balaban J connectivity index is 1.28. The number of rotatable bonds is 3. The van der Waals surface area contributed by atoms with E-state index in [4.69, 9.17) is 15.0 Å². The average molecular weight is 611 g/mol. The van der Waals surface area contributed by atoms with Crippen LogP contribution in [-0.4, -0.2) is 19.5 Å². The topological polar surface area (TPSA) is 43.6 Å². The Morgan fingerprint density at radius 2 is 1.07 bits per heavy atom. The molecule has 0 aliphatic rings. The van der Waals surface area contributed by atoms with Crippen molar-refractivity contribution in [2.24, 2.45) is 0 Å². The molecule has 0 aliphatic heterocycles. The molecule has 4 heterocycles. The van der Waals surface area contributed by atoms with Crippen molar-refractivity contribution in [3.8, 4) is 28.7 Å². The Labute approximate surface area is 265 Å². The lowest BCUT2D eigenvalue weighted by atomic mass is 10.1. The van der Waals surface area contributed by atoms with Gasteiger partial charge in [-0.15, -0.1) is 22.7 Å². The van der Waals surface area contributed by atoms with E-state index in [0.717, 1.165) is 22.2 Å². The van der Waals surface area contributed by atoms with Crippen molar-refractivity contribution < 1.29 is 0 Å². The van der Waals surface area contributed by atoms with Crippen molar-refractivity contribution in [1.82, 2.24) is 19.5 Å². The van der Waals surface area contributed by atoms with Gasteiger partial charge in [0, 0.05) is 62.2 Å². The summed E-state index contributed by atoms with van der Waals surface area (Å²) in [6.07, 6.45) is 0. The van der Waals surface area contributed by atoms with Gasteiger partial charge < -0.3 is 0 Å². The number of hydrogen-bond acceptors (Lipinski definition) is 5.